The van der Waals surface area contributed by atoms with E-state index in [9.17, 15) is 36.6 Å². The van der Waals surface area contributed by atoms with Crippen LogP contribution in [0.15, 0.2) is 41.6 Å². The summed E-state index contributed by atoms with van der Waals surface area (Å²) < 4.78 is 72.1. The second kappa shape index (κ2) is 13.1. The summed E-state index contributed by atoms with van der Waals surface area (Å²) in [5.41, 5.74) is 0.260. The first-order valence-electron chi connectivity index (χ1n) is 15.7. The number of carbonyl (C=O) groups is 2. The number of hydrogen-bond acceptors (Lipinski definition) is 7. The van der Waals surface area contributed by atoms with Crippen molar-refractivity contribution in [2.75, 3.05) is 32.8 Å². The molecule has 14 heteroatoms. The number of halogens is 5. The van der Waals surface area contributed by atoms with Crippen LogP contribution in [0.1, 0.15) is 77.7 Å². The molecule has 3 heterocycles. The second-order valence-electron chi connectivity index (χ2n) is 13.2. The lowest BCUT2D eigenvalue weighted by Gasteiger charge is -2.36. The zero-order valence-corrected chi connectivity index (χ0v) is 27.2. The van der Waals surface area contributed by atoms with Crippen molar-refractivity contribution in [3.8, 4) is 5.75 Å². The van der Waals surface area contributed by atoms with Gasteiger partial charge in [-0.2, -0.15) is 13.2 Å². The predicted molar refractivity (Wildman–Crippen MR) is 168 cm³/mol. The Kier molecular flexibility index (Phi) is 9.63. The van der Waals surface area contributed by atoms with E-state index < -0.39 is 47.1 Å². The van der Waals surface area contributed by atoms with Crippen molar-refractivity contribution in [1.82, 2.24) is 15.3 Å². The molecule has 3 aliphatic rings. The Hall–Kier alpha value is -4.04. The molecule has 48 heavy (non-hydrogen) atoms. The van der Waals surface area contributed by atoms with Crippen molar-refractivity contribution >= 4 is 23.7 Å². The Morgan fingerprint density at radius 2 is 1.65 bits per heavy atom. The summed E-state index contributed by atoms with van der Waals surface area (Å²) in [6, 6.07) is 6.47. The van der Waals surface area contributed by atoms with Crippen molar-refractivity contribution in [2.45, 2.75) is 76.6 Å². The predicted octanol–water partition coefficient (Wildman–Crippen LogP) is 5.66. The fourth-order valence-corrected chi connectivity index (χ4v) is 6.10. The molecule has 0 aliphatic carbocycles. The molecule has 5 rings (SSSR count). The fraction of sp³-hybridized carbons (Fsp3) is 0.500. The molecule has 2 fully saturated rings. The van der Waals surface area contributed by atoms with Crippen LogP contribution >= 0.6 is 0 Å². The van der Waals surface area contributed by atoms with E-state index in [2.05, 4.69) is 10.3 Å². The number of likely N-dealkylation sites (tertiary alicyclic amines) is 1. The number of hydrogen-bond donors (Lipinski definition) is 2. The molecule has 2 N–H and O–H groups in total. The Bertz CT molecular complexity index is 1590. The Labute approximate surface area is 275 Å². The monoisotopic (exact) mass is 678 g/mol. The SMILES string of the molecule is Cc1cc(C(=O)N2CCC(C)(O)CC2)cc(C)c1/C=C/ON1CCC2(CC1)N=C(c1ccc(C(F)(F)F)c(OCC(C)(F)F)c1)NC2=O. The number of hydroxylamine groups is 2. The van der Waals surface area contributed by atoms with Gasteiger partial charge < -0.3 is 24.9 Å². The highest BCUT2D eigenvalue weighted by molar-refractivity contribution is 6.15. The highest BCUT2D eigenvalue weighted by atomic mass is 19.4. The van der Waals surface area contributed by atoms with Crippen molar-refractivity contribution in [2.24, 2.45) is 4.99 Å². The number of alkyl halides is 5. The van der Waals surface area contributed by atoms with Gasteiger partial charge in [0.2, 0.25) is 0 Å². The van der Waals surface area contributed by atoms with Crippen LogP contribution in [0.3, 0.4) is 0 Å². The lowest BCUT2D eigenvalue weighted by Crippen LogP contribution is -2.48. The van der Waals surface area contributed by atoms with Gasteiger partial charge in [0.25, 0.3) is 17.7 Å². The third-order valence-corrected chi connectivity index (χ3v) is 8.98. The third kappa shape index (κ3) is 7.97. The van der Waals surface area contributed by atoms with Crippen LogP contribution < -0.4 is 10.1 Å². The van der Waals surface area contributed by atoms with Gasteiger partial charge in [-0.3, -0.25) is 14.6 Å². The van der Waals surface area contributed by atoms with Gasteiger partial charge in [-0.1, -0.05) is 6.07 Å². The molecule has 2 aromatic carbocycles. The van der Waals surface area contributed by atoms with Gasteiger partial charge in [-0.25, -0.2) is 8.78 Å². The molecule has 1 spiro atoms. The topological polar surface area (TPSA) is 104 Å². The molecule has 9 nitrogen and oxygen atoms in total. The van der Waals surface area contributed by atoms with Crippen molar-refractivity contribution in [1.29, 1.82) is 0 Å². The Morgan fingerprint density at radius 3 is 2.23 bits per heavy atom. The van der Waals surface area contributed by atoms with E-state index in [-0.39, 0.29) is 30.1 Å². The first kappa shape index (κ1) is 35.3. The summed E-state index contributed by atoms with van der Waals surface area (Å²) >= 11 is 0. The molecule has 0 radical (unpaired) electrons. The van der Waals surface area contributed by atoms with Crippen LogP contribution in [0.2, 0.25) is 0 Å². The number of benzene rings is 2. The van der Waals surface area contributed by atoms with Gasteiger partial charge in [-0.15, -0.1) is 5.06 Å². The third-order valence-electron chi connectivity index (χ3n) is 8.98. The van der Waals surface area contributed by atoms with Gasteiger partial charge >= 0.3 is 6.18 Å². The van der Waals surface area contributed by atoms with E-state index in [1.54, 1.807) is 23.0 Å². The van der Waals surface area contributed by atoms with Crippen molar-refractivity contribution in [3.05, 3.63) is 70.0 Å². The van der Waals surface area contributed by atoms with Gasteiger partial charge in [-0.05, 0) is 93.5 Å². The van der Waals surface area contributed by atoms with E-state index in [1.807, 2.05) is 26.0 Å². The van der Waals surface area contributed by atoms with Gasteiger partial charge in [0.05, 0.1) is 11.2 Å². The van der Waals surface area contributed by atoms with Gasteiger partial charge in [0.1, 0.15) is 23.4 Å². The molecular formula is C34H39F5N4O5. The lowest BCUT2D eigenvalue weighted by atomic mass is 9.89. The molecule has 3 aliphatic heterocycles. The molecule has 0 unspecified atom stereocenters. The number of piperidine rings is 2. The highest BCUT2D eigenvalue weighted by Gasteiger charge is 2.46. The summed E-state index contributed by atoms with van der Waals surface area (Å²) in [6.07, 6.45) is 0.104. The Balaban J connectivity index is 1.21. The number of aryl methyl sites for hydroxylation is 2. The molecule has 0 bridgehead atoms. The normalized spacial score (nSPS) is 19.8. The van der Waals surface area contributed by atoms with Crippen LogP contribution in [0, 0.1) is 13.8 Å². The number of amidine groups is 1. The second-order valence-corrected chi connectivity index (χ2v) is 13.2. The zero-order chi connectivity index (χ0) is 35.1. The number of carbonyl (C=O) groups excluding carboxylic acids is 2. The molecule has 2 aromatic rings. The Morgan fingerprint density at radius 1 is 1.02 bits per heavy atom. The van der Waals surface area contributed by atoms with Crippen molar-refractivity contribution < 1.29 is 46.2 Å². The summed E-state index contributed by atoms with van der Waals surface area (Å²) in [5, 5.41) is 14.5. The largest absolute Gasteiger partial charge is 0.487 e. The van der Waals surface area contributed by atoms with E-state index in [0.717, 1.165) is 34.9 Å². The minimum Gasteiger partial charge on any atom is -0.487 e. The minimum absolute atomic E-state index is 0.0381. The maximum atomic E-state index is 13.5. The van der Waals surface area contributed by atoms with Crippen LogP contribution in [0.5, 0.6) is 5.75 Å². The summed E-state index contributed by atoms with van der Waals surface area (Å²) in [4.78, 5) is 38.3. The maximum absolute atomic E-state index is 13.5. The number of nitrogens with one attached hydrogen (secondary N) is 1. The molecule has 0 saturated carbocycles. The average Bonchev–Trinajstić information content (AvgIpc) is 3.32. The van der Waals surface area contributed by atoms with E-state index in [4.69, 9.17) is 9.57 Å². The number of aliphatic hydroxyl groups is 1. The number of nitrogens with zero attached hydrogens (tertiary/aromatic N) is 3. The van der Waals surface area contributed by atoms with Crippen molar-refractivity contribution in [3.63, 3.8) is 0 Å². The number of amides is 2. The van der Waals surface area contributed by atoms with E-state index in [1.165, 1.54) is 6.26 Å². The smallest absolute Gasteiger partial charge is 0.419 e. The molecular weight excluding hydrogens is 639 g/mol. The number of rotatable bonds is 8. The van der Waals surface area contributed by atoms with Crippen LogP contribution in [0.25, 0.3) is 6.08 Å². The van der Waals surface area contributed by atoms with Crippen LogP contribution in [-0.4, -0.2) is 82.6 Å². The average molecular weight is 679 g/mol. The van der Waals surface area contributed by atoms with Gasteiger partial charge in [0.15, 0.2) is 6.61 Å². The van der Waals surface area contributed by atoms with Crippen LogP contribution in [-0.2, 0) is 15.8 Å². The molecule has 2 amide bonds. The number of ether oxygens (including phenoxy) is 1. The standard InChI is InChI=1S/C34H39F5N4O5/c1-21-17-24(29(44)42-12-8-31(3,46)9-13-42)18-22(2)25(21)7-16-48-43-14-10-33(11-15-43)30(45)40-28(41-33)23-5-6-26(34(37,38)39)27(19-23)47-20-32(4,35)36/h5-7,16-19,46H,8-15,20H2,1-4H3,(H,40,41,45)/b16-7+. The molecule has 260 valence electrons. The molecule has 0 atom stereocenters. The first-order valence-corrected chi connectivity index (χ1v) is 15.7. The van der Waals surface area contributed by atoms with Gasteiger partial charge in [0, 0.05) is 44.2 Å². The maximum Gasteiger partial charge on any atom is 0.419 e. The molecule has 2 saturated heterocycles. The lowest BCUT2D eigenvalue weighted by molar-refractivity contribution is -0.140. The summed E-state index contributed by atoms with van der Waals surface area (Å²) in [5.74, 6) is -4.57. The summed E-state index contributed by atoms with van der Waals surface area (Å²) in [6.45, 7) is 6.55. The summed E-state index contributed by atoms with van der Waals surface area (Å²) in [7, 11) is 0. The van der Waals surface area contributed by atoms with E-state index in [0.29, 0.717) is 51.5 Å². The zero-order valence-electron chi connectivity index (χ0n) is 27.2. The first-order chi connectivity index (χ1) is 22.4. The number of aliphatic imine (C=N–C) groups is 1. The molecule has 0 aromatic heterocycles. The fourth-order valence-electron chi connectivity index (χ4n) is 6.10. The quantitative estimate of drug-likeness (QED) is 0.276. The van der Waals surface area contributed by atoms with Crippen LogP contribution in [0.4, 0.5) is 22.0 Å². The highest BCUT2D eigenvalue weighted by Crippen LogP contribution is 2.38. The van der Waals surface area contributed by atoms with E-state index >= 15 is 0 Å². The minimum atomic E-state index is -4.84.